The quantitative estimate of drug-likeness (QED) is 0.859. The molecule has 0 amide bonds. The average Bonchev–Trinajstić information content (AvgIpc) is 2.48. The molecule has 2 aromatic carbocycles. The predicted molar refractivity (Wildman–Crippen MR) is 85.2 cm³/mol. The minimum Gasteiger partial charge on any atom is -0.387 e. The summed E-state index contributed by atoms with van der Waals surface area (Å²) in [6.45, 7) is 6.85. The second-order valence-corrected chi connectivity index (χ2v) is 5.29. The number of aliphatic hydroxyl groups is 1. The van der Waals surface area contributed by atoms with Crippen molar-refractivity contribution in [1.29, 1.82) is 0 Å². The van der Waals surface area contributed by atoms with Crippen molar-refractivity contribution < 1.29 is 5.11 Å². The van der Waals surface area contributed by atoms with Crippen LogP contribution < -0.4 is 5.32 Å². The van der Waals surface area contributed by atoms with E-state index < -0.39 is 6.10 Å². The van der Waals surface area contributed by atoms with Crippen LogP contribution in [0.15, 0.2) is 42.5 Å². The molecule has 1 unspecified atom stereocenters. The Morgan fingerprint density at radius 3 is 2.30 bits per heavy atom. The van der Waals surface area contributed by atoms with Gasteiger partial charge in [0.05, 0.1) is 6.10 Å². The monoisotopic (exact) mass is 269 g/mol. The lowest BCUT2D eigenvalue weighted by molar-refractivity contribution is 0.191. The van der Waals surface area contributed by atoms with Crippen molar-refractivity contribution in [1.82, 2.24) is 0 Å². The molecule has 2 rings (SSSR count). The van der Waals surface area contributed by atoms with Gasteiger partial charge in [-0.2, -0.15) is 0 Å². The van der Waals surface area contributed by atoms with Gasteiger partial charge in [-0.15, -0.1) is 0 Å². The molecule has 0 saturated heterocycles. The Hall–Kier alpha value is -1.80. The summed E-state index contributed by atoms with van der Waals surface area (Å²) < 4.78 is 0. The number of aliphatic hydroxyl groups excluding tert-OH is 1. The summed E-state index contributed by atoms with van der Waals surface area (Å²) in [6, 6.07) is 14.4. The smallest absolute Gasteiger partial charge is 0.0962 e. The van der Waals surface area contributed by atoms with E-state index in [1.165, 1.54) is 16.7 Å². The van der Waals surface area contributed by atoms with Gasteiger partial charge in [-0.1, -0.05) is 37.3 Å². The second-order valence-electron chi connectivity index (χ2n) is 5.29. The molecule has 0 heterocycles. The molecule has 0 bridgehead atoms. The standard InChI is InChI=1S/C18H23NO/c1-4-15-6-8-16(9-7-15)18(20)12-19-17-10-5-13(2)14(3)11-17/h5-11,18-20H,4,12H2,1-3H3. The van der Waals surface area contributed by atoms with Crippen LogP contribution in [0.25, 0.3) is 0 Å². The number of aryl methyl sites for hydroxylation is 3. The molecule has 0 radical (unpaired) electrons. The minimum atomic E-state index is -0.484. The van der Waals surface area contributed by atoms with Crippen LogP contribution in [-0.2, 0) is 6.42 Å². The minimum absolute atomic E-state index is 0.484. The lowest BCUT2D eigenvalue weighted by atomic mass is 10.1. The SMILES string of the molecule is CCc1ccc(C(O)CNc2ccc(C)c(C)c2)cc1. The van der Waals surface area contributed by atoms with Crippen molar-refractivity contribution in [3.63, 3.8) is 0 Å². The molecule has 0 aromatic heterocycles. The van der Waals surface area contributed by atoms with Gasteiger partial charge in [-0.3, -0.25) is 0 Å². The molecule has 0 aliphatic carbocycles. The van der Waals surface area contributed by atoms with E-state index >= 15 is 0 Å². The normalized spacial score (nSPS) is 12.2. The Kier molecular flexibility index (Phi) is 4.80. The van der Waals surface area contributed by atoms with Crippen LogP contribution in [0.5, 0.6) is 0 Å². The third kappa shape index (κ3) is 3.61. The largest absolute Gasteiger partial charge is 0.387 e. The Bertz CT molecular complexity index is 560. The molecular weight excluding hydrogens is 246 g/mol. The van der Waals surface area contributed by atoms with Crippen molar-refractivity contribution in [2.24, 2.45) is 0 Å². The lowest BCUT2D eigenvalue weighted by Gasteiger charge is -2.14. The zero-order valence-corrected chi connectivity index (χ0v) is 12.5. The van der Waals surface area contributed by atoms with Crippen LogP contribution in [0.1, 0.15) is 35.3 Å². The molecule has 106 valence electrons. The summed E-state index contributed by atoms with van der Waals surface area (Å²) in [5.41, 5.74) is 5.85. The fraction of sp³-hybridized carbons (Fsp3) is 0.333. The Morgan fingerprint density at radius 1 is 1.00 bits per heavy atom. The fourth-order valence-corrected chi connectivity index (χ4v) is 2.16. The highest BCUT2D eigenvalue weighted by molar-refractivity contribution is 5.48. The van der Waals surface area contributed by atoms with Gasteiger partial charge < -0.3 is 10.4 Å². The summed E-state index contributed by atoms with van der Waals surface area (Å²) in [5, 5.41) is 13.5. The van der Waals surface area contributed by atoms with Gasteiger partial charge in [0.25, 0.3) is 0 Å². The van der Waals surface area contributed by atoms with Gasteiger partial charge in [-0.05, 0) is 54.7 Å². The molecule has 20 heavy (non-hydrogen) atoms. The van der Waals surface area contributed by atoms with E-state index in [2.05, 4.69) is 56.4 Å². The van der Waals surface area contributed by atoms with Gasteiger partial charge >= 0.3 is 0 Å². The first-order valence-electron chi connectivity index (χ1n) is 7.18. The number of hydrogen-bond acceptors (Lipinski definition) is 2. The molecule has 0 fully saturated rings. The summed E-state index contributed by atoms with van der Waals surface area (Å²) in [4.78, 5) is 0. The maximum absolute atomic E-state index is 10.2. The number of nitrogens with one attached hydrogen (secondary N) is 1. The second kappa shape index (κ2) is 6.58. The summed E-state index contributed by atoms with van der Waals surface area (Å²) in [5.74, 6) is 0. The number of anilines is 1. The highest BCUT2D eigenvalue weighted by Crippen LogP contribution is 2.18. The fourth-order valence-electron chi connectivity index (χ4n) is 2.16. The highest BCUT2D eigenvalue weighted by Gasteiger charge is 2.07. The van der Waals surface area contributed by atoms with E-state index in [9.17, 15) is 5.11 Å². The van der Waals surface area contributed by atoms with Crippen LogP contribution in [-0.4, -0.2) is 11.7 Å². The zero-order chi connectivity index (χ0) is 14.5. The third-order valence-electron chi connectivity index (χ3n) is 3.78. The molecule has 0 aliphatic rings. The lowest BCUT2D eigenvalue weighted by Crippen LogP contribution is -2.12. The van der Waals surface area contributed by atoms with Gasteiger partial charge in [0, 0.05) is 12.2 Å². The topological polar surface area (TPSA) is 32.3 Å². The molecule has 0 aliphatic heterocycles. The average molecular weight is 269 g/mol. The molecule has 2 nitrogen and oxygen atoms in total. The van der Waals surface area contributed by atoms with Crippen molar-refractivity contribution in [2.75, 3.05) is 11.9 Å². The first kappa shape index (κ1) is 14.6. The molecule has 2 N–H and O–H groups in total. The van der Waals surface area contributed by atoms with Crippen LogP contribution in [0, 0.1) is 13.8 Å². The van der Waals surface area contributed by atoms with Crippen molar-refractivity contribution in [3.8, 4) is 0 Å². The highest BCUT2D eigenvalue weighted by atomic mass is 16.3. The van der Waals surface area contributed by atoms with Crippen LogP contribution >= 0.6 is 0 Å². The molecule has 1 atom stereocenters. The van der Waals surface area contributed by atoms with Crippen molar-refractivity contribution >= 4 is 5.69 Å². The maximum Gasteiger partial charge on any atom is 0.0962 e. The van der Waals surface area contributed by atoms with E-state index in [1.54, 1.807) is 0 Å². The van der Waals surface area contributed by atoms with E-state index in [4.69, 9.17) is 0 Å². The first-order chi connectivity index (χ1) is 9.60. The number of hydrogen-bond donors (Lipinski definition) is 2. The van der Waals surface area contributed by atoms with E-state index in [-0.39, 0.29) is 0 Å². The Balaban J connectivity index is 1.96. The van der Waals surface area contributed by atoms with Gasteiger partial charge in [0.15, 0.2) is 0 Å². The Morgan fingerprint density at radius 2 is 1.70 bits per heavy atom. The molecule has 2 heteroatoms. The zero-order valence-electron chi connectivity index (χ0n) is 12.5. The van der Waals surface area contributed by atoms with E-state index in [0.717, 1.165) is 17.7 Å². The molecule has 0 spiro atoms. The van der Waals surface area contributed by atoms with E-state index in [1.807, 2.05) is 12.1 Å². The molecule has 0 saturated carbocycles. The summed E-state index contributed by atoms with van der Waals surface area (Å²) in [6.07, 6.45) is 0.541. The summed E-state index contributed by atoms with van der Waals surface area (Å²) in [7, 11) is 0. The van der Waals surface area contributed by atoms with Crippen LogP contribution in [0.4, 0.5) is 5.69 Å². The van der Waals surface area contributed by atoms with Gasteiger partial charge in [0.2, 0.25) is 0 Å². The van der Waals surface area contributed by atoms with Gasteiger partial charge in [-0.25, -0.2) is 0 Å². The first-order valence-corrected chi connectivity index (χ1v) is 7.18. The Labute approximate surface area is 121 Å². The summed E-state index contributed by atoms with van der Waals surface area (Å²) >= 11 is 0. The van der Waals surface area contributed by atoms with Crippen molar-refractivity contribution in [2.45, 2.75) is 33.3 Å². The molecule has 2 aromatic rings. The number of benzene rings is 2. The van der Waals surface area contributed by atoms with Crippen LogP contribution in [0.3, 0.4) is 0 Å². The predicted octanol–water partition coefficient (Wildman–Crippen LogP) is 4.01. The van der Waals surface area contributed by atoms with Crippen LogP contribution in [0.2, 0.25) is 0 Å². The van der Waals surface area contributed by atoms with Gasteiger partial charge in [0.1, 0.15) is 0 Å². The molecular formula is C18H23NO. The maximum atomic E-state index is 10.2. The third-order valence-corrected chi connectivity index (χ3v) is 3.78. The number of rotatable bonds is 5. The van der Waals surface area contributed by atoms with Crippen molar-refractivity contribution in [3.05, 3.63) is 64.7 Å². The van der Waals surface area contributed by atoms with E-state index in [0.29, 0.717) is 6.54 Å².